The number of aliphatic hydroxyl groups is 1. The van der Waals surface area contributed by atoms with Crippen molar-refractivity contribution in [2.24, 2.45) is 0 Å². The zero-order valence-corrected chi connectivity index (χ0v) is 16.9. The summed E-state index contributed by atoms with van der Waals surface area (Å²) < 4.78 is 10.3. The standard InChI is InChI=1S/C24H32O4/c1-3-4-5-6-7-8-9-10-11-12-15-22(25)17-18-28-23-16-13-14-21(19-23)20-24(26)27-2/h4-5,8-16,19,22,25H,3,6-7,17-18,20H2,1-2H3/b5-4-,9-8+,11-10-,15-12+/t22-/m1/s1. The zero-order chi connectivity index (χ0) is 20.5. The van der Waals surface area contributed by atoms with Crippen molar-refractivity contribution in [2.75, 3.05) is 13.7 Å². The topological polar surface area (TPSA) is 55.8 Å². The van der Waals surface area contributed by atoms with E-state index in [2.05, 4.69) is 29.9 Å². The van der Waals surface area contributed by atoms with Crippen LogP contribution in [0.25, 0.3) is 0 Å². The van der Waals surface area contributed by atoms with Gasteiger partial charge < -0.3 is 14.6 Å². The maximum Gasteiger partial charge on any atom is 0.309 e. The third-order valence-corrected chi connectivity index (χ3v) is 3.86. The lowest BCUT2D eigenvalue weighted by atomic mass is 10.1. The fraction of sp³-hybridized carbons (Fsp3) is 0.375. The molecule has 0 amide bonds. The van der Waals surface area contributed by atoms with E-state index in [4.69, 9.17) is 4.74 Å². The Bertz CT molecular complexity index is 671. The average Bonchev–Trinajstić information content (AvgIpc) is 2.69. The van der Waals surface area contributed by atoms with Gasteiger partial charge in [0.05, 0.1) is 26.2 Å². The SMILES string of the molecule is CC/C=C\CC/C=C/C=C\C=C\[C@@H](O)CCOc1cccc(CC(=O)OC)c1. The predicted molar refractivity (Wildman–Crippen MR) is 114 cm³/mol. The largest absolute Gasteiger partial charge is 0.493 e. The molecule has 0 radical (unpaired) electrons. The molecule has 0 aliphatic heterocycles. The molecule has 1 rings (SSSR count). The predicted octanol–water partition coefficient (Wildman–Crippen LogP) is 4.95. The number of esters is 1. The highest BCUT2D eigenvalue weighted by Gasteiger charge is 2.05. The van der Waals surface area contributed by atoms with Gasteiger partial charge in [-0.05, 0) is 37.0 Å². The Morgan fingerprint density at radius 1 is 1.11 bits per heavy atom. The molecule has 1 aromatic rings. The van der Waals surface area contributed by atoms with Crippen LogP contribution in [0.5, 0.6) is 5.75 Å². The molecular formula is C24H32O4. The molecule has 1 N–H and O–H groups in total. The molecule has 0 saturated heterocycles. The van der Waals surface area contributed by atoms with Crippen LogP contribution in [0.4, 0.5) is 0 Å². The van der Waals surface area contributed by atoms with Crippen molar-refractivity contribution in [3.05, 3.63) is 78.4 Å². The van der Waals surface area contributed by atoms with Crippen LogP contribution in [0, 0.1) is 0 Å². The molecule has 4 heteroatoms. The number of hydrogen-bond acceptors (Lipinski definition) is 4. The van der Waals surface area contributed by atoms with Gasteiger partial charge in [-0.1, -0.05) is 67.7 Å². The van der Waals surface area contributed by atoms with Crippen LogP contribution in [0.2, 0.25) is 0 Å². The first kappa shape index (κ1) is 23.4. The second kappa shape index (κ2) is 15.5. The van der Waals surface area contributed by atoms with E-state index in [-0.39, 0.29) is 12.4 Å². The van der Waals surface area contributed by atoms with Gasteiger partial charge in [-0.15, -0.1) is 0 Å². The number of rotatable bonds is 13. The quantitative estimate of drug-likeness (QED) is 0.226. The Morgan fingerprint density at radius 2 is 1.89 bits per heavy atom. The highest BCUT2D eigenvalue weighted by molar-refractivity contribution is 5.72. The molecule has 0 aliphatic rings. The monoisotopic (exact) mass is 384 g/mol. The lowest BCUT2D eigenvalue weighted by molar-refractivity contribution is -0.139. The van der Waals surface area contributed by atoms with Gasteiger partial charge in [-0.2, -0.15) is 0 Å². The number of unbranched alkanes of at least 4 members (excludes halogenated alkanes) is 1. The smallest absolute Gasteiger partial charge is 0.309 e. The normalized spacial score (nSPS) is 13.1. The molecule has 1 aromatic carbocycles. The summed E-state index contributed by atoms with van der Waals surface area (Å²) in [5, 5.41) is 9.97. The maximum atomic E-state index is 11.3. The van der Waals surface area contributed by atoms with Crippen LogP contribution < -0.4 is 4.74 Å². The summed E-state index contributed by atoms with van der Waals surface area (Å²) in [6, 6.07) is 7.33. The van der Waals surface area contributed by atoms with Crippen LogP contribution >= 0.6 is 0 Å². The van der Waals surface area contributed by atoms with Crippen LogP contribution in [0.15, 0.2) is 72.9 Å². The summed E-state index contributed by atoms with van der Waals surface area (Å²) in [6.45, 7) is 2.52. The van der Waals surface area contributed by atoms with E-state index in [0.29, 0.717) is 18.8 Å². The van der Waals surface area contributed by atoms with Gasteiger partial charge >= 0.3 is 5.97 Å². The molecule has 4 nitrogen and oxygen atoms in total. The number of ether oxygens (including phenoxy) is 2. The summed E-state index contributed by atoms with van der Waals surface area (Å²) in [4.78, 5) is 11.3. The Labute approximate surface area is 168 Å². The molecule has 28 heavy (non-hydrogen) atoms. The van der Waals surface area contributed by atoms with Crippen molar-refractivity contribution in [2.45, 2.75) is 45.1 Å². The molecule has 1 atom stereocenters. The van der Waals surface area contributed by atoms with Crippen molar-refractivity contribution in [3.8, 4) is 5.75 Å². The number of allylic oxidation sites excluding steroid dienone is 7. The first-order valence-electron chi connectivity index (χ1n) is 9.77. The molecule has 0 aliphatic carbocycles. The van der Waals surface area contributed by atoms with Gasteiger partial charge in [0.2, 0.25) is 0 Å². The number of hydrogen-bond donors (Lipinski definition) is 1. The Kier molecular flexibility index (Phi) is 13.0. The zero-order valence-electron chi connectivity index (χ0n) is 16.9. The average molecular weight is 385 g/mol. The van der Waals surface area contributed by atoms with E-state index in [1.165, 1.54) is 7.11 Å². The van der Waals surface area contributed by atoms with Gasteiger partial charge in [0.25, 0.3) is 0 Å². The number of carbonyl (C=O) groups excluding carboxylic acids is 1. The number of carbonyl (C=O) groups is 1. The Hall–Kier alpha value is -2.59. The third-order valence-electron chi connectivity index (χ3n) is 3.86. The molecule has 152 valence electrons. The Balaban J connectivity index is 2.25. The molecule has 0 fully saturated rings. The maximum absolute atomic E-state index is 11.3. The molecule has 0 bridgehead atoms. The van der Waals surface area contributed by atoms with Crippen molar-refractivity contribution in [3.63, 3.8) is 0 Å². The summed E-state index contributed by atoms with van der Waals surface area (Å²) in [5.74, 6) is 0.394. The van der Waals surface area contributed by atoms with Crippen molar-refractivity contribution >= 4 is 5.97 Å². The van der Waals surface area contributed by atoms with E-state index in [9.17, 15) is 9.90 Å². The van der Waals surface area contributed by atoms with Gasteiger partial charge in [-0.3, -0.25) is 4.79 Å². The van der Waals surface area contributed by atoms with E-state index in [1.807, 2.05) is 48.6 Å². The van der Waals surface area contributed by atoms with Crippen molar-refractivity contribution < 1.29 is 19.4 Å². The summed E-state index contributed by atoms with van der Waals surface area (Å²) >= 11 is 0. The van der Waals surface area contributed by atoms with Gasteiger partial charge in [0.1, 0.15) is 5.75 Å². The molecule has 0 unspecified atom stereocenters. The third kappa shape index (κ3) is 11.9. The van der Waals surface area contributed by atoms with Crippen LogP contribution in [0.1, 0.15) is 38.2 Å². The number of methoxy groups -OCH3 is 1. The number of benzene rings is 1. The molecule has 0 heterocycles. The fourth-order valence-electron chi connectivity index (χ4n) is 2.35. The second-order valence-electron chi connectivity index (χ2n) is 6.26. The summed E-state index contributed by atoms with van der Waals surface area (Å²) in [5.41, 5.74) is 0.837. The van der Waals surface area contributed by atoms with Crippen molar-refractivity contribution in [1.82, 2.24) is 0 Å². The number of aliphatic hydroxyl groups excluding tert-OH is 1. The summed E-state index contributed by atoms with van der Waals surface area (Å²) in [6.07, 6.45) is 19.3. The first-order valence-corrected chi connectivity index (χ1v) is 9.77. The van der Waals surface area contributed by atoms with Gasteiger partial charge in [0, 0.05) is 6.42 Å². The highest BCUT2D eigenvalue weighted by atomic mass is 16.5. The lowest BCUT2D eigenvalue weighted by Gasteiger charge is -2.09. The minimum atomic E-state index is -0.564. The second-order valence-corrected chi connectivity index (χ2v) is 6.26. The lowest BCUT2D eigenvalue weighted by Crippen LogP contribution is -2.09. The van der Waals surface area contributed by atoms with E-state index >= 15 is 0 Å². The van der Waals surface area contributed by atoms with Crippen molar-refractivity contribution in [1.29, 1.82) is 0 Å². The first-order chi connectivity index (χ1) is 13.7. The molecular weight excluding hydrogens is 352 g/mol. The van der Waals surface area contributed by atoms with Gasteiger partial charge in [0.15, 0.2) is 0 Å². The van der Waals surface area contributed by atoms with E-state index in [0.717, 1.165) is 24.8 Å². The van der Waals surface area contributed by atoms with Gasteiger partial charge in [-0.25, -0.2) is 0 Å². The fourth-order valence-corrected chi connectivity index (χ4v) is 2.35. The molecule has 0 spiro atoms. The van der Waals surface area contributed by atoms with E-state index in [1.54, 1.807) is 6.08 Å². The minimum absolute atomic E-state index is 0.218. The van der Waals surface area contributed by atoms with Crippen LogP contribution in [-0.4, -0.2) is 30.9 Å². The molecule has 0 saturated carbocycles. The summed E-state index contributed by atoms with van der Waals surface area (Å²) in [7, 11) is 1.37. The van der Waals surface area contributed by atoms with E-state index < -0.39 is 6.10 Å². The van der Waals surface area contributed by atoms with Crippen LogP contribution in [-0.2, 0) is 16.0 Å². The minimum Gasteiger partial charge on any atom is -0.493 e. The molecule has 0 aromatic heterocycles. The highest BCUT2D eigenvalue weighted by Crippen LogP contribution is 2.14. The Morgan fingerprint density at radius 3 is 2.68 bits per heavy atom. The van der Waals surface area contributed by atoms with Crippen LogP contribution in [0.3, 0.4) is 0 Å².